The molecule has 0 aliphatic carbocycles. The second kappa shape index (κ2) is 9.30. The van der Waals surface area contributed by atoms with Crippen molar-refractivity contribution in [3.05, 3.63) is 64.4 Å². The van der Waals surface area contributed by atoms with Gasteiger partial charge >= 0.3 is 0 Å². The maximum absolute atomic E-state index is 14.7. The van der Waals surface area contributed by atoms with Gasteiger partial charge in [-0.3, -0.25) is 14.5 Å². The third-order valence-corrected chi connectivity index (χ3v) is 6.28. The summed E-state index contributed by atoms with van der Waals surface area (Å²) in [4.78, 5) is 12.9. The molecule has 0 bridgehead atoms. The Morgan fingerprint density at radius 3 is 2.76 bits per heavy atom. The lowest BCUT2D eigenvalue weighted by atomic mass is 10.1. The van der Waals surface area contributed by atoms with Crippen molar-refractivity contribution in [2.75, 3.05) is 5.32 Å². The number of aromatic amines is 1. The number of anilines is 1. The summed E-state index contributed by atoms with van der Waals surface area (Å²) in [7, 11) is 0. The van der Waals surface area contributed by atoms with Crippen LogP contribution in [0.5, 0.6) is 0 Å². The van der Waals surface area contributed by atoms with Gasteiger partial charge in [0.25, 0.3) is 0 Å². The molecule has 0 saturated carbocycles. The van der Waals surface area contributed by atoms with E-state index < -0.39 is 5.82 Å². The highest BCUT2D eigenvalue weighted by molar-refractivity contribution is 7.71. The summed E-state index contributed by atoms with van der Waals surface area (Å²) in [5.41, 5.74) is 2.76. The Balaban J connectivity index is 1.38. The molecule has 3 heterocycles. The topological polar surface area (TPSA) is 93.4 Å². The zero-order chi connectivity index (χ0) is 23.7. The lowest BCUT2D eigenvalue weighted by molar-refractivity contribution is -0.116. The number of amides is 1. The predicted molar refractivity (Wildman–Crippen MR) is 129 cm³/mol. The molecule has 2 N–H and O–H groups in total. The van der Waals surface area contributed by atoms with E-state index in [-0.39, 0.29) is 12.5 Å². The fourth-order valence-corrected chi connectivity index (χ4v) is 4.39. The average Bonchev–Trinajstić information content (AvgIpc) is 3.30. The molecule has 1 aliphatic rings. The summed E-state index contributed by atoms with van der Waals surface area (Å²) in [6.45, 7) is 2.72. The van der Waals surface area contributed by atoms with E-state index in [2.05, 4.69) is 25.7 Å². The number of halogens is 1. The summed E-state index contributed by atoms with van der Waals surface area (Å²) in [5.74, 6) is 1.23. The zero-order valence-electron chi connectivity index (χ0n) is 18.7. The molecule has 2 aromatic heterocycles. The minimum atomic E-state index is -0.406. The van der Waals surface area contributed by atoms with Crippen LogP contribution in [-0.4, -0.2) is 35.4 Å². The SMILES string of the molecule is Cc1ccc(-c2n[nH]c(=S)n2CC(=O)Nc2ccc(F)c(-c3nnc4n3CCCCC4)c2)cc1. The number of H-pyrrole nitrogens is 1. The lowest BCUT2D eigenvalue weighted by Crippen LogP contribution is -2.19. The van der Waals surface area contributed by atoms with E-state index in [0.29, 0.717) is 27.7 Å². The highest BCUT2D eigenvalue weighted by Crippen LogP contribution is 2.27. The van der Waals surface area contributed by atoms with Crippen LogP contribution in [0.1, 0.15) is 30.7 Å². The molecule has 0 unspecified atom stereocenters. The maximum atomic E-state index is 14.7. The van der Waals surface area contributed by atoms with E-state index in [1.165, 1.54) is 12.1 Å². The number of rotatable bonds is 5. The zero-order valence-corrected chi connectivity index (χ0v) is 19.5. The Bertz CT molecular complexity index is 1400. The number of fused-ring (bicyclic) bond motifs is 1. The highest BCUT2D eigenvalue weighted by Gasteiger charge is 2.20. The number of nitrogens with one attached hydrogen (secondary N) is 2. The van der Waals surface area contributed by atoms with Crippen molar-refractivity contribution in [1.82, 2.24) is 29.5 Å². The van der Waals surface area contributed by atoms with E-state index in [9.17, 15) is 9.18 Å². The standard InChI is InChI=1S/C24H24FN7OS/c1-15-6-8-16(9-7-15)22-28-30-24(34)32(22)14-21(33)26-17-10-11-19(25)18(13-17)23-29-27-20-5-3-2-4-12-31(20)23/h6-11,13H,2-5,12,14H2,1H3,(H,26,33)(H,30,34). The highest BCUT2D eigenvalue weighted by atomic mass is 32.1. The number of aromatic nitrogens is 6. The van der Waals surface area contributed by atoms with E-state index in [0.717, 1.165) is 49.2 Å². The van der Waals surface area contributed by atoms with Crippen LogP contribution in [0.4, 0.5) is 10.1 Å². The Kier molecular flexibility index (Phi) is 6.06. The van der Waals surface area contributed by atoms with Crippen molar-refractivity contribution in [1.29, 1.82) is 0 Å². The Labute approximate surface area is 200 Å². The molecule has 0 radical (unpaired) electrons. The second-order valence-electron chi connectivity index (χ2n) is 8.45. The van der Waals surface area contributed by atoms with Crippen LogP contribution < -0.4 is 5.32 Å². The average molecular weight is 478 g/mol. The first-order valence-corrected chi connectivity index (χ1v) is 11.6. The number of aryl methyl sites for hydroxylation is 2. The maximum Gasteiger partial charge on any atom is 0.244 e. The van der Waals surface area contributed by atoms with Crippen LogP contribution in [0.15, 0.2) is 42.5 Å². The number of nitrogens with zero attached hydrogens (tertiary/aromatic N) is 5. The second-order valence-corrected chi connectivity index (χ2v) is 8.84. The van der Waals surface area contributed by atoms with Crippen molar-refractivity contribution < 1.29 is 9.18 Å². The minimum absolute atomic E-state index is 0.0361. The van der Waals surface area contributed by atoms with Gasteiger partial charge in [0.2, 0.25) is 5.91 Å². The van der Waals surface area contributed by atoms with Crippen LogP contribution >= 0.6 is 12.2 Å². The molecule has 34 heavy (non-hydrogen) atoms. The van der Waals surface area contributed by atoms with E-state index in [1.54, 1.807) is 10.6 Å². The Morgan fingerprint density at radius 1 is 1.12 bits per heavy atom. The monoisotopic (exact) mass is 477 g/mol. The van der Waals surface area contributed by atoms with E-state index in [4.69, 9.17) is 12.2 Å². The normalized spacial score (nSPS) is 13.4. The van der Waals surface area contributed by atoms with Gasteiger partial charge in [-0.25, -0.2) is 4.39 Å². The molecular weight excluding hydrogens is 453 g/mol. The third kappa shape index (κ3) is 4.41. The number of carbonyl (C=O) groups is 1. The molecule has 0 atom stereocenters. The molecule has 0 saturated heterocycles. The van der Waals surface area contributed by atoms with Gasteiger partial charge in [0, 0.05) is 24.2 Å². The minimum Gasteiger partial charge on any atom is -0.325 e. The van der Waals surface area contributed by atoms with Gasteiger partial charge in [-0.2, -0.15) is 5.10 Å². The third-order valence-electron chi connectivity index (χ3n) is 5.97. The molecule has 0 spiro atoms. The Hall–Kier alpha value is -3.66. The summed E-state index contributed by atoms with van der Waals surface area (Å²) < 4.78 is 18.7. The molecule has 0 fully saturated rings. The van der Waals surface area contributed by atoms with Crippen LogP contribution in [-0.2, 0) is 24.3 Å². The van der Waals surface area contributed by atoms with Gasteiger partial charge in [-0.05, 0) is 50.2 Å². The molecule has 2 aromatic carbocycles. The van der Waals surface area contributed by atoms with Crippen molar-refractivity contribution in [2.45, 2.75) is 45.7 Å². The van der Waals surface area contributed by atoms with E-state index >= 15 is 0 Å². The lowest BCUT2D eigenvalue weighted by Gasteiger charge is -2.11. The van der Waals surface area contributed by atoms with Crippen molar-refractivity contribution in [3.63, 3.8) is 0 Å². The summed E-state index contributed by atoms with van der Waals surface area (Å²) in [6.07, 6.45) is 4.00. The smallest absolute Gasteiger partial charge is 0.244 e. The number of benzene rings is 2. The number of hydrogen-bond donors (Lipinski definition) is 2. The van der Waals surface area contributed by atoms with Crippen LogP contribution in [0.3, 0.4) is 0 Å². The van der Waals surface area contributed by atoms with Crippen molar-refractivity contribution in [2.24, 2.45) is 0 Å². The van der Waals surface area contributed by atoms with Gasteiger partial charge in [-0.1, -0.05) is 36.2 Å². The van der Waals surface area contributed by atoms with Crippen LogP contribution in [0.25, 0.3) is 22.8 Å². The summed E-state index contributed by atoms with van der Waals surface area (Å²) in [6, 6.07) is 12.3. The Morgan fingerprint density at radius 2 is 1.94 bits per heavy atom. The fourth-order valence-electron chi connectivity index (χ4n) is 4.19. The van der Waals surface area contributed by atoms with Gasteiger partial charge in [-0.15, -0.1) is 10.2 Å². The molecule has 1 amide bonds. The molecule has 174 valence electrons. The van der Waals surface area contributed by atoms with Gasteiger partial charge in [0.15, 0.2) is 16.4 Å². The molecule has 8 nitrogen and oxygen atoms in total. The largest absolute Gasteiger partial charge is 0.325 e. The van der Waals surface area contributed by atoms with E-state index in [1.807, 2.05) is 35.8 Å². The number of carbonyl (C=O) groups excluding carboxylic acids is 1. The predicted octanol–water partition coefficient (Wildman–Crippen LogP) is 4.68. The molecule has 5 rings (SSSR count). The van der Waals surface area contributed by atoms with Gasteiger partial charge in [0.05, 0.1) is 5.56 Å². The molecule has 10 heteroatoms. The molecular formula is C24H24FN7OS. The fraction of sp³-hybridized carbons (Fsp3) is 0.292. The summed E-state index contributed by atoms with van der Waals surface area (Å²) in [5, 5.41) is 18.4. The molecule has 1 aliphatic heterocycles. The summed E-state index contributed by atoms with van der Waals surface area (Å²) >= 11 is 5.34. The van der Waals surface area contributed by atoms with Gasteiger partial charge in [0.1, 0.15) is 18.2 Å². The van der Waals surface area contributed by atoms with Crippen molar-refractivity contribution in [3.8, 4) is 22.8 Å². The van der Waals surface area contributed by atoms with Crippen LogP contribution in [0, 0.1) is 17.5 Å². The quantitative estimate of drug-likeness (QED) is 0.407. The number of hydrogen-bond acceptors (Lipinski definition) is 5. The van der Waals surface area contributed by atoms with Crippen LogP contribution in [0.2, 0.25) is 0 Å². The first-order valence-electron chi connectivity index (χ1n) is 11.2. The van der Waals surface area contributed by atoms with Crippen molar-refractivity contribution >= 4 is 23.8 Å². The first kappa shape index (κ1) is 22.1. The van der Waals surface area contributed by atoms with Gasteiger partial charge < -0.3 is 9.88 Å². The molecule has 4 aromatic rings. The first-order chi connectivity index (χ1) is 16.5.